The van der Waals surface area contributed by atoms with Gasteiger partial charge in [-0.1, -0.05) is 0 Å². The molecule has 6 heteroatoms. The van der Waals surface area contributed by atoms with Crippen molar-refractivity contribution < 1.29 is 14.3 Å². The lowest BCUT2D eigenvalue weighted by Crippen LogP contribution is -2.45. The molecule has 1 aromatic heterocycles. The Bertz CT molecular complexity index is 486. The second kappa shape index (κ2) is 5.07. The van der Waals surface area contributed by atoms with E-state index in [1.54, 1.807) is 13.8 Å². The van der Waals surface area contributed by atoms with E-state index in [4.69, 9.17) is 10.5 Å². The maximum absolute atomic E-state index is 11.8. The second-order valence-corrected chi connectivity index (χ2v) is 5.88. The molecule has 0 aliphatic heterocycles. The molecule has 100 valence electrons. The molecule has 0 aliphatic rings. The molecule has 3 N–H and O–H groups in total. The first-order valence-electron chi connectivity index (χ1n) is 5.47. The maximum Gasteiger partial charge on any atom is 0.341 e. The van der Waals surface area contributed by atoms with E-state index in [1.165, 1.54) is 18.4 Å². The Hall–Kier alpha value is -1.40. The van der Waals surface area contributed by atoms with Crippen LogP contribution in [-0.2, 0) is 9.53 Å². The Kier molecular flexibility index (Phi) is 4.13. The minimum absolute atomic E-state index is 0.339. The number of esters is 1. The van der Waals surface area contributed by atoms with Gasteiger partial charge in [0.05, 0.1) is 18.2 Å². The van der Waals surface area contributed by atoms with Crippen molar-refractivity contribution >= 4 is 28.2 Å². The van der Waals surface area contributed by atoms with Crippen LogP contribution >= 0.6 is 11.3 Å². The predicted octanol–water partition coefficient (Wildman–Crippen LogP) is 1.83. The number of carbonyl (C=O) groups excluding carboxylic acids is 2. The third-order valence-corrected chi connectivity index (χ3v) is 3.71. The van der Waals surface area contributed by atoms with Crippen LogP contribution in [0.1, 0.15) is 34.6 Å². The molecule has 0 saturated heterocycles. The summed E-state index contributed by atoms with van der Waals surface area (Å²) in [5.74, 6) is -0.795. The monoisotopic (exact) mass is 270 g/mol. The lowest BCUT2D eigenvalue weighted by Gasteiger charge is -2.17. The van der Waals surface area contributed by atoms with E-state index in [0.717, 1.165) is 10.4 Å². The topological polar surface area (TPSA) is 81.4 Å². The van der Waals surface area contributed by atoms with Gasteiger partial charge in [-0.2, -0.15) is 0 Å². The van der Waals surface area contributed by atoms with Crippen molar-refractivity contribution in [2.24, 2.45) is 5.73 Å². The summed E-state index contributed by atoms with van der Waals surface area (Å²) in [6.07, 6.45) is 0. The molecule has 0 saturated carbocycles. The fourth-order valence-corrected chi connectivity index (χ4v) is 2.37. The number of carbonyl (C=O) groups is 2. The smallest absolute Gasteiger partial charge is 0.341 e. The number of methoxy groups -OCH3 is 1. The summed E-state index contributed by atoms with van der Waals surface area (Å²) in [7, 11) is 1.31. The summed E-state index contributed by atoms with van der Waals surface area (Å²) < 4.78 is 4.72. The van der Waals surface area contributed by atoms with E-state index in [2.05, 4.69) is 5.32 Å². The van der Waals surface area contributed by atoms with Gasteiger partial charge < -0.3 is 15.8 Å². The van der Waals surface area contributed by atoms with Crippen LogP contribution in [0, 0.1) is 13.8 Å². The maximum atomic E-state index is 11.8. The summed E-state index contributed by atoms with van der Waals surface area (Å²) >= 11 is 1.34. The number of hydrogen-bond acceptors (Lipinski definition) is 5. The van der Waals surface area contributed by atoms with Crippen LogP contribution < -0.4 is 11.1 Å². The summed E-state index contributed by atoms with van der Waals surface area (Å²) in [6.45, 7) is 6.91. The number of nitrogens with one attached hydrogen (secondary N) is 1. The predicted molar refractivity (Wildman–Crippen MR) is 72.0 cm³/mol. The summed E-state index contributed by atoms with van der Waals surface area (Å²) in [6, 6.07) is 0. The van der Waals surface area contributed by atoms with Crippen molar-refractivity contribution in [3.8, 4) is 0 Å². The third-order valence-electron chi connectivity index (χ3n) is 2.59. The average molecular weight is 270 g/mol. The van der Waals surface area contributed by atoms with Gasteiger partial charge in [0.2, 0.25) is 5.91 Å². The van der Waals surface area contributed by atoms with E-state index < -0.39 is 11.5 Å². The normalized spacial score (nSPS) is 11.2. The highest BCUT2D eigenvalue weighted by molar-refractivity contribution is 7.16. The zero-order valence-corrected chi connectivity index (χ0v) is 12.0. The van der Waals surface area contributed by atoms with Gasteiger partial charge in [0.1, 0.15) is 5.00 Å². The molecule has 18 heavy (non-hydrogen) atoms. The number of rotatable bonds is 3. The molecule has 0 unspecified atom stereocenters. The lowest BCUT2D eigenvalue weighted by atomic mass is 10.1. The van der Waals surface area contributed by atoms with Crippen LogP contribution in [0.2, 0.25) is 0 Å². The number of nitrogens with two attached hydrogens (primary N) is 1. The zero-order chi connectivity index (χ0) is 14.1. The average Bonchev–Trinajstić information content (AvgIpc) is 2.52. The lowest BCUT2D eigenvalue weighted by molar-refractivity contribution is -0.120. The molecule has 5 nitrogen and oxygen atoms in total. The van der Waals surface area contributed by atoms with Gasteiger partial charge in [0.25, 0.3) is 0 Å². The molecule has 0 atom stereocenters. The van der Waals surface area contributed by atoms with E-state index in [-0.39, 0.29) is 5.91 Å². The van der Waals surface area contributed by atoms with Crippen LogP contribution in [-0.4, -0.2) is 24.5 Å². The largest absolute Gasteiger partial charge is 0.465 e. The minimum Gasteiger partial charge on any atom is -0.465 e. The number of hydrogen-bond donors (Lipinski definition) is 2. The van der Waals surface area contributed by atoms with Gasteiger partial charge in [0.15, 0.2) is 0 Å². The molecular weight excluding hydrogens is 252 g/mol. The van der Waals surface area contributed by atoms with Gasteiger partial charge in [-0.15, -0.1) is 11.3 Å². The summed E-state index contributed by atoms with van der Waals surface area (Å²) in [5.41, 5.74) is 5.92. The van der Waals surface area contributed by atoms with Crippen molar-refractivity contribution in [3.63, 3.8) is 0 Å². The Morgan fingerprint density at radius 1 is 1.33 bits per heavy atom. The molecule has 0 aliphatic carbocycles. The van der Waals surface area contributed by atoms with E-state index >= 15 is 0 Å². The van der Waals surface area contributed by atoms with E-state index in [9.17, 15) is 9.59 Å². The Labute approximate surface area is 110 Å². The Balaban J connectivity index is 3.14. The second-order valence-electron chi connectivity index (χ2n) is 4.65. The Morgan fingerprint density at radius 2 is 1.89 bits per heavy atom. The van der Waals surface area contributed by atoms with Crippen LogP contribution in [0.15, 0.2) is 0 Å². The first kappa shape index (κ1) is 14.7. The standard InChI is InChI=1S/C12H18N2O3S/c1-6-7(2)18-9(8(6)10(15)17-5)14-11(16)12(3,4)13/h13H2,1-5H3,(H,14,16). The number of amides is 1. The van der Waals surface area contributed by atoms with Gasteiger partial charge >= 0.3 is 5.97 Å². The van der Waals surface area contributed by atoms with Gasteiger partial charge in [-0.25, -0.2) is 4.79 Å². The highest BCUT2D eigenvalue weighted by Crippen LogP contribution is 2.33. The van der Waals surface area contributed by atoms with Gasteiger partial charge in [0, 0.05) is 4.88 Å². The first-order valence-corrected chi connectivity index (χ1v) is 6.28. The van der Waals surface area contributed by atoms with Crippen molar-refractivity contribution in [1.82, 2.24) is 0 Å². The SMILES string of the molecule is COC(=O)c1c(NC(=O)C(C)(C)N)sc(C)c1C. The van der Waals surface area contributed by atoms with Crippen LogP contribution in [0.5, 0.6) is 0 Å². The minimum atomic E-state index is -1.00. The fraction of sp³-hybridized carbons (Fsp3) is 0.500. The molecular formula is C12H18N2O3S. The summed E-state index contributed by atoms with van der Waals surface area (Å²) in [4.78, 5) is 24.5. The third kappa shape index (κ3) is 2.88. The highest BCUT2D eigenvalue weighted by atomic mass is 32.1. The van der Waals surface area contributed by atoms with Crippen molar-refractivity contribution in [2.45, 2.75) is 33.2 Å². The molecule has 0 aromatic carbocycles. The van der Waals surface area contributed by atoms with Crippen LogP contribution in [0.4, 0.5) is 5.00 Å². The highest BCUT2D eigenvalue weighted by Gasteiger charge is 2.26. The molecule has 0 spiro atoms. The number of anilines is 1. The van der Waals surface area contributed by atoms with E-state index in [0.29, 0.717) is 10.6 Å². The quantitative estimate of drug-likeness (QED) is 0.821. The number of thiophene rings is 1. The van der Waals surface area contributed by atoms with Gasteiger partial charge in [-0.05, 0) is 33.3 Å². The summed E-state index contributed by atoms with van der Waals surface area (Å²) in [5, 5.41) is 3.17. The van der Waals surface area contributed by atoms with Crippen molar-refractivity contribution in [2.75, 3.05) is 12.4 Å². The van der Waals surface area contributed by atoms with Crippen molar-refractivity contribution in [3.05, 3.63) is 16.0 Å². The Morgan fingerprint density at radius 3 is 2.33 bits per heavy atom. The first-order chi connectivity index (χ1) is 8.18. The molecule has 0 bridgehead atoms. The molecule has 0 radical (unpaired) electrons. The van der Waals surface area contributed by atoms with E-state index in [1.807, 2.05) is 13.8 Å². The van der Waals surface area contributed by atoms with Crippen LogP contribution in [0.25, 0.3) is 0 Å². The number of aryl methyl sites for hydroxylation is 1. The van der Waals surface area contributed by atoms with Gasteiger partial charge in [-0.3, -0.25) is 4.79 Å². The number of ether oxygens (including phenoxy) is 1. The molecule has 0 fully saturated rings. The molecule has 1 aromatic rings. The fourth-order valence-electron chi connectivity index (χ4n) is 1.33. The molecule has 1 heterocycles. The van der Waals surface area contributed by atoms with Crippen molar-refractivity contribution in [1.29, 1.82) is 0 Å². The molecule has 1 rings (SSSR count). The molecule has 1 amide bonds. The van der Waals surface area contributed by atoms with Crippen LogP contribution in [0.3, 0.4) is 0 Å². The zero-order valence-electron chi connectivity index (χ0n) is 11.2.